The van der Waals surface area contributed by atoms with Crippen LogP contribution in [0.1, 0.15) is 33.1 Å². The summed E-state index contributed by atoms with van der Waals surface area (Å²) in [5, 5.41) is 0. The summed E-state index contributed by atoms with van der Waals surface area (Å²) in [7, 11) is 0. The van der Waals surface area contributed by atoms with Crippen molar-refractivity contribution in [2.45, 2.75) is 38.9 Å². The van der Waals surface area contributed by atoms with Crippen molar-refractivity contribution in [3.63, 3.8) is 0 Å². The van der Waals surface area contributed by atoms with Gasteiger partial charge in [-0.2, -0.15) is 0 Å². The highest BCUT2D eigenvalue weighted by Crippen LogP contribution is 2.38. The van der Waals surface area contributed by atoms with E-state index < -0.39 is 5.79 Å². The third-order valence-corrected chi connectivity index (χ3v) is 4.43. The topological polar surface area (TPSA) is 38.8 Å². The van der Waals surface area contributed by atoms with Crippen molar-refractivity contribution in [3.8, 4) is 0 Å². The van der Waals surface area contributed by atoms with Gasteiger partial charge in [-0.15, -0.1) is 0 Å². The van der Waals surface area contributed by atoms with Crippen LogP contribution in [0.15, 0.2) is 12.2 Å². The molecular formula is C15H23NO3. The van der Waals surface area contributed by atoms with Crippen LogP contribution in [0.2, 0.25) is 0 Å². The number of amides is 1. The van der Waals surface area contributed by atoms with Gasteiger partial charge in [-0.25, -0.2) is 0 Å². The summed E-state index contributed by atoms with van der Waals surface area (Å²) in [5.74, 6) is 0.0492. The van der Waals surface area contributed by atoms with Gasteiger partial charge < -0.3 is 14.4 Å². The number of ether oxygens (including phenoxy) is 2. The predicted molar refractivity (Wildman–Crippen MR) is 71.5 cm³/mol. The minimum atomic E-state index is -0.468. The molecule has 2 aliphatic heterocycles. The molecule has 4 nitrogen and oxygen atoms in total. The molecule has 0 aromatic rings. The first kappa shape index (κ1) is 13.1. The predicted octanol–water partition coefficient (Wildman–Crippen LogP) is 1.95. The minimum absolute atomic E-state index is 0.0513. The van der Waals surface area contributed by atoms with Crippen LogP contribution in [0.4, 0.5) is 0 Å². The quantitative estimate of drug-likeness (QED) is 0.680. The molecule has 0 aromatic heterocycles. The summed E-state index contributed by atoms with van der Waals surface area (Å²) in [6.45, 7) is 6.87. The molecule has 0 N–H and O–H groups in total. The maximum atomic E-state index is 12.3. The third kappa shape index (κ3) is 2.56. The number of hydrogen-bond donors (Lipinski definition) is 0. The highest BCUT2D eigenvalue weighted by atomic mass is 16.7. The zero-order valence-corrected chi connectivity index (χ0v) is 11.9. The lowest BCUT2D eigenvalue weighted by Crippen LogP contribution is -2.66. The van der Waals surface area contributed by atoms with Gasteiger partial charge in [0.1, 0.15) is 0 Å². The van der Waals surface area contributed by atoms with Gasteiger partial charge in [-0.05, 0) is 33.1 Å². The molecule has 19 heavy (non-hydrogen) atoms. The Hall–Kier alpha value is -0.870. The van der Waals surface area contributed by atoms with Crippen molar-refractivity contribution in [1.82, 2.24) is 4.90 Å². The van der Waals surface area contributed by atoms with Crippen LogP contribution in [-0.4, -0.2) is 42.9 Å². The smallest absolute Gasteiger partial charge is 0.226 e. The Morgan fingerprint density at radius 3 is 2.47 bits per heavy atom. The van der Waals surface area contributed by atoms with Crippen molar-refractivity contribution in [2.75, 3.05) is 26.3 Å². The van der Waals surface area contributed by atoms with Crippen LogP contribution < -0.4 is 0 Å². The summed E-state index contributed by atoms with van der Waals surface area (Å²) < 4.78 is 11.5. The van der Waals surface area contributed by atoms with Gasteiger partial charge in [0.2, 0.25) is 5.91 Å². The van der Waals surface area contributed by atoms with E-state index in [0.717, 1.165) is 32.4 Å². The number of likely N-dealkylation sites (tertiary alicyclic amines) is 1. The molecule has 3 aliphatic rings. The summed E-state index contributed by atoms with van der Waals surface area (Å²) in [6.07, 6.45) is 7.25. The zero-order valence-electron chi connectivity index (χ0n) is 11.9. The second kappa shape index (κ2) is 4.60. The van der Waals surface area contributed by atoms with Crippen molar-refractivity contribution in [3.05, 3.63) is 12.2 Å². The zero-order chi connectivity index (χ0) is 13.5. The molecule has 1 aliphatic carbocycles. The Labute approximate surface area is 114 Å². The van der Waals surface area contributed by atoms with Gasteiger partial charge in [0, 0.05) is 19.0 Å². The number of nitrogens with zero attached hydrogens (tertiary/aromatic N) is 1. The van der Waals surface area contributed by atoms with Gasteiger partial charge in [-0.1, -0.05) is 12.2 Å². The first-order valence-electron chi connectivity index (χ1n) is 7.22. The lowest BCUT2D eigenvalue weighted by atomic mass is 9.79. The normalized spacial score (nSPS) is 32.1. The summed E-state index contributed by atoms with van der Waals surface area (Å²) >= 11 is 0. The fourth-order valence-electron chi connectivity index (χ4n) is 3.12. The average Bonchev–Trinajstić information content (AvgIpc) is 2.37. The molecule has 3 rings (SSSR count). The summed E-state index contributed by atoms with van der Waals surface area (Å²) in [4.78, 5) is 14.3. The van der Waals surface area contributed by atoms with E-state index in [1.54, 1.807) is 0 Å². The molecule has 0 aromatic carbocycles. The van der Waals surface area contributed by atoms with Gasteiger partial charge in [0.25, 0.3) is 0 Å². The molecular weight excluding hydrogens is 242 g/mol. The first-order valence-corrected chi connectivity index (χ1v) is 7.22. The molecule has 2 heterocycles. The molecule has 1 spiro atoms. The van der Waals surface area contributed by atoms with Crippen molar-refractivity contribution in [2.24, 2.45) is 11.3 Å². The minimum Gasteiger partial charge on any atom is -0.350 e. The lowest BCUT2D eigenvalue weighted by molar-refractivity contribution is -0.303. The lowest BCUT2D eigenvalue weighted by Gasteiger charge is -2.54. The van der Waals surface area contributed by atoms with Crippen LogP contribution >= 0.6 is 0 Å². The monoisotopic (exact) mass is 265 g/mol. The number of carbonyl (C=O) groups excluding carboxylic acids is 1. The summed E-state index contributed by atoms with van der Waals surface area (Å²) in [6, 6.07) is 0. The molecule has 1 atom stereocenters. The SMILES string of the molecule is CC1(C)OCC2(CO1)CN(C(=O)C1CC=CCC1)C2. The Morgan fingerprint density at radius 2 is 1.89 bits per heavy atom. The Bertz CT molecular complexity index is 384. The van der Waals surface area contributed by atoms with E-state index in [4.69, 9.17) is 9.47 Å². The second-order valence-electron chi connectivity index (χ2n) is 6.65. The number of hydrogen-bond acceptors (Lipinski definition) is 3. The molecule has 2 fully saturated rings. The van der Waals surface area contributed by atoms with Crippen molar-refractivity contribution in [1.29, 1.82) is 0 Å². The van der Waals surface area contributed by atoms with Gasteiger partial charge in [0.05, 0.1) is 18.6 Å². The Morgan fingerprint density at radius 1 is 1.21 bits per heavy atom. The van der Waals surface area contributed by atoms with E-state index in [-0.39, 0.29) is 11.3 Å². The van der Waals surface area contributed by atoms with Crippen molar-refractivity contribution >= 4 is 5.91 Å². The van der Waals surface area contributed by atoms with Crippen LogP contribution in [-0.2, 0) is 14.3 Å². The Balaban J connectivity index is 1.52. The highest BCUT2D eigenvalue weighted by Gasteiger charge is 2.50. The van der Waals surface area contributed by atoms with Crippen LogP contribution in [0.3, 0.4) is 0 Å². The largest absolute Gasteiger partial charge is 0.350 e. The van der Waals surface area contributed by atoms with Crippen LogP contribution in [0, 0.1) is 11.3 Å². The molecule has 4 heteroatoms. The molecule has 0 saturated carbocycles. The van der Waals surface area contributed by atoms with Crippen LogP contribution in [0.25, 0.3) is 0 Å². The maximum Gasteiger partial charge on any atom is 0.226 e. The van der Waals surface area contributed by atoms with E-state index in [2.05, 4.69) is 12.2 Å². The molecule has 1 unspecified atom stereocenters. The van der Waals surface area contributed by atoms with Gasteiger partial charge in [0.15, 0.2) is 5.79 Å². The van der Waals surface area contributed by atoms with Gasteiger partial charge >= 0.3 is 0 Å². The number of carbonyl (C=O) groups is 1. The highest BCUT2D eigenvalue weighted by molar-refractivity contribution is 5.80. The average molecular weight is 265 g/mol. The fourth-order valence-corrected chi connectivity index (χ4v) is 3.12. The third-order valence-electron chi connectivity index (χ3n) is 4.43. The van der Waals surface area contributed by atoms with E-state index in [9.17, 15) is 4.79 Å². The fraction of sp³-hybridized carbons (Fsp3) is 0.800. The van der Waals surface area contributed by atoms with E-state index in [0.29, 0.717) is 19.1 Å². The van der Waals surface area contributed by atoms with Crippen molar-refractivity contribution < 1.29 is 14.3 Å². The van der Waals surface area contributed by atoms with Gasteiger partial charge in [-0.3, -0.25) is 4.79 Å². The molecule has 1 amide bonds. The van der Waals surface area contributed by atoms with Crippen LogP contribution in [0.5, 0.6) is 0 Å². The molecule has 0 radical (unpaired) electrons. The maximum absolute atomic E-state index is 12.3. The van der Waals surface area contributed by atoms with E-state index in [1.807, 2.05) is 18.7 Å². The standard InChI is InChI=1S/C15H23NO3/c1-14(2)18-10-15(11-19-14)8-16(9-15)13(17)12-6-4-3-5-7-12/h3-4,12H,5-11H2,1-2H3. The number of rotatable bonds is 1. The van der Waals surface area contributed by atoms with E-state index in [1.165, 1.54) is 0 Å². The molecule has 106 valence electrons. The first-order chi connectivity index (χ1) is 9.00. The molecule has 0 bridgehead atoms. The Kier molecular flexibility index (Phi) is 3.18. The van der Waals surface area contributed by atoms with E-state index >= 15 is 0 Å². The summed E-state index contributed by atoms with van der Waals surface area (Å²) in [5.41, 5.74) is 0.0513. The number of allylic oxidation sites excluding steroid dienone is 2. The molecule has 2 saturated heterocycles. The second-order valence-corrected chi connectivity index (χ2v) is 6.65.